The lowest BCUT2D eigenvalue weighted by atomic mass is 10.2. The van der Waals surface area contributed by atoms with E-state index in [1.54, 1.807) is 78.1 Å². The number of nitrogens with zero attached hydrogens (tertiary/aromatic N) is 4. The quantitative estimate of drug-likeness (QED) is 0.533. The number of carbonyl (C=O) groups is 2. The molecule has 0 fully saturated rings. The van der Waals surface area contributed by atoms with Crippen molar-refractivity contribution in [2.24, 2.45) is 4.99 Å². The van der Waals surface area contributed by atoms with E-state index in [2.05, 4.69) is 10.1 Å². The maximum Gasteiger partial charge on any atom is 0.437 e. The van der Waals surface area contributed by atoms with Gasteiger partial charge in [0.2, 0.25) is 5.96 Å². The highest BCUT2D eigenvalue weighted by Crippen LogP contribution is 2.20. The van der Waals surface area contributed by atoms with E-state index in [0.717, 1.165) is 0 Å². The molecule has 2 amide bonds. The molecule has 28 heavy (non-hydrogen) atoms. The molecule has 0 unspecified atom stereocenters. The lowest BCUT2D eigenvalue weighted by Crippen LogP contribution is -2.45. The zero-order chi connectivity index (χ0) is 20.9. The third-order valence-electron chi connectivity index (χ3n) is 3.08. The average molecular weight is 386 g/mol. The van der Waals surface area contributed by atoms with Crippen molar-refractivity contribution in [2.45, 2.75) is 52.7 Å². The smallest absolute Gasteiger partial charge is 0.437 e. The number of hydrogen-bond acceptors (Lipinski definition) is 5. The van der Waals surface area contributed by atoms with Gasteiger partial charge in [0.1, 0.15) is 11.2 Å². The summed E-state index contributed by atoms with van der Waals surface area (Å²) in [5.74, 6) is -0.0558. The predicted octanol–water partition coefficient (Wildman–Crippen LogP) is 4.46. The van der Waals surface area contributed by atoms with Crippen LogP contribution in [0.15, 0.2) is 53.8 Å². The maximum absolute atomic E-state index is 13.0. The first-order valence-corrected chi connectivity index (χ1v) is 8.86. The largest absolute Gasteiger partial charge is 0.443 e. The minimum Gasteiger partial charge on any atom is -0.443 e. The van der Waals surface area contributed by atoms with Crippen LogP contribution in [-0.2, 0) is 9.47 Å². The molecular formula is C20H26N4O4. The van der Waals surface area contributed by atoms with Gasteiger partial charge in [-0.2, -0.15) is 5.10 Å². The van der Waals surface area contributed by atoms with Gasteiger partial charge in [-0.1, -0.05) is 18.2 Å². The van der Waals surface area contributed by atoms with Crippen molar-refractivity contribution in [1.29, 1.82) is 0 Å². The number of benzene rings is 1. The van der Waals surface area contributed by atoms with Crippen LogP contribution in [0.2, 0.25) is 0 Å². The highest BCUT2D eigenvalue weighted by molar-refractivity contribution is 6.16. The predicted molar refractivity (Wildman–Crippen MR) is 106 cm³/mol. The van der Waals surface area contributed by atoms with Gasteiger partial charge in [0.05, 0.1) is 5.69 Å². The Balaban J connectivity index is 2.56. The number of anilines is 1. The summed E-state index contributed by atoms with van der Waals surface area (Å²) in [4.78, 5) is 30.6. The normalized spacial score (nSPS) is 12.4. The topological polar surface area (TPSA) is 86.0 Å². The second-order valence-electron chi connectivity index (χ2n) is 7.99. The van der Waals surface area contributed by atoms with Crippen LogP contribution in [0, 0.1) is 0 Å². The summed E-state index contributed by atoms with van der Waals surface area (Å²) in [5, 5.41) is 4.12. The van der Waals surface area contributed by atoms with Gasteiger partial charge in [0, 0.05) is 12.4 Å². The standard InChI is InChI=1S/C20H26N4O4/c1-19(2,3)27-17(25)22-16(23-14-10-13-21-23)24(15-11-8-7-9-12-15)18(26)28-20(4,5)6/h7-14H,1-6H3/b22-16-. The fourth-order valence-electron chi connectivity index (χ4n) is 2.14. The molecule has 8 nitrogen and oxygen atoms in total. The minimum absolute atomic E-state index is 0.0558. The molecule has 0 spiro atoms. The molecule has 0 N–H and O–H groups in total. The van der Waals surface area contributed by atoms with Gasteiger partial charge in [-0.05, 0) is 59.7 Å². The molecule has 0 saturated carbocycles. The molecule has 0 aliphatic heterocycles. The molecule has 0 aliphatic carbocycles. The monoisotopic (exact) mass is 386 g/mol. The number of rotatable bonds is 1. The molecule has 0 radical (unpaired) electrons. The van der Waals surface area contributed by atoms with Gasteiger partial charge in [-0.3, -0.25) is 0 Å². The molecule has 2 rings (SSSR count). The molecule has 150 valence electrons. The molecule has 1 heterocycles. The van der Waals surface area contributed by atoms with Crippen LogP contribution >= 0.6 is 0 Å². The van der Waals surface area contributed by atoms with Gasteiger partial charge in [-0.15, -0.1) is 4.99 Å². The molecule has 0 bridgehead atoms. The third kappa shape index (κ3) is 6.22. The Morgan fingerprint density at radius 3 is 2.07 bits per heavy atom. The van der Waals surface area contributed by atoms with Crippen molar-refractivity contribution < 1.29 is 19.1 Å². The Morgan fingerprint density at radius 2 is 1.57 bits per heavy atom. The van der Waals surface area contributed by atoms with Crippen LogP contribution < -0.4 is 4.90 Å². The van der Waals surface area contributed by atoms with Gasteiger partial charge in [0.15, 0.2) is 0 Å². The van der Waals surface area contributed by atoms with E-state index in [0.29, 0.717) is 5.69 Å². The first kappa shape index (κ1) is 21.1. The summed E-state index contributed by atoms with van der Waals surface area (Å²) >= 11 is 0. The van der Waals surface area contributed by atoms with Gasteiger partial charge in [-0.25, -0.2) is 19.2 Å². The Bertz CT molecular complexity index is 831. The summed E-state index contributed by atoms with van der Waals surface area (Å²) in [7, 11) is 0. The number of amides is 2. The molecule has 0 aliphatic rings. The fourth-order valence-corrected chi connectivity index (χ4v) is 2.14. The molecule has 0 atom stereocenters. The lowest BCUT2D eigenvalue weighted by Gasteiger charge is -2.28. The van der Waals surface area contributed by atoms with Gasteiger partial charge < -0.3 is 9.47 Å². The first-order chi connectivity index (χ1) is 13.0. The molecule has 8 heteroatoms. The number of hydrogen-bond donors (Lipinski definition) is 0. The van der Waals surface area contributed by atoms with Crippen LogP contribution in [-0.4, -0.2) is 39.1 Å². The first-order valence-electron chi connectivity index (χ1n) is 8.86. The van der Waals surface area contributed by atoms with Gasteiger partial charge >= 0.3 is 12.2 Å². The van der Waals surface area contributed by atoms with E-state index in [1.807, 2.05) is 6.07 Å². The lowest BCUT2D eigenvalue weighted by molar-refractivity contribution is 0.0599. The number of carbonyl (C=O) groups excluding carboxylic acids is 2. The number of aromatic nitrogens is 2. The van der Waals surface area contributed by atoms with Gasteiger partial charge in [0.25, 0.3) is 0 Å². The number of para-hydroxylation sites is 1. The molecule has 0 saturated heterocycles. The van der Waals surface area contributed by atoms with Crippen LogP contribution in [0.1, 0.15) is 41.5 Å². The van der Waals surface area contributed by atoms with Crippen molar-refractivity contribution in [3.05, 3.63) is 48.8 Å². The van der Waals surface area contributed by atoms with Crippen LogP contribution in [0.3, 0.4) is 0 Å². The van der Waals surface area contributed by atoms with Crippen molar-refractivity contribution in [2.75, 3.05) is 4.90 Å². The van der Waals surface area contributed by atoms with Crippen LogP contribution in [0.4, 0.5) is 15.3 Å². The molecule has 1 aromatic heterocycles. The summed E-state index contributed by atoms with van der Waals surface area (Å²) in [5.41, 5.74) is -1.01. The summed E-state index contributed by atoms with van der Waals surface area (Å²) in [6.07, 6.45) is 1.55. The minimum atomic E-state index is -0.845. The SMILES string of the molecule is CC(C)(C)OC(=O)/N=C(\N(C(=O)OC(C)(C)C)c1ccccc1)n1cccn1. The van der Waals surface area contributed by atoms with Crippen molar-refractivity contribution in [3.63, 3.8) is 0 Å². The van der Waals surface area contributed by atoms with Crippen molar-refractivity contribution >= 4 is 23.8 Å². The van der Waals surface area contributed by atoms with Crippen LogP contribution in [0.5, 0.6) is 0 Å². The Morgan fingerprint density at radius 1 is 0.964 bits per heavy atom. The van der Waals surface area contributed by atoms with E-state index in [1.165, 1.54) is 15.8 Å². The number of aliphatic imine (C=N–C) groups is 1. The highest BCUT2D eigenvalue weighted by atomic mass is 16.6. The summed E-state index contributed by atoms with van der Waals surface area (Å²) < 4.78 is 12.1. The van der Waals surface area contributed by atoms with E-state index < -0.39 is 23.4 Å². The summed E-state index contributed by atoms with van der Waals surface area (Å²) in [6.45, 7) is 10.5. The third-order valence-corrected chi connectivity index (χ3v) is 3.08. The molecule has 2 aromatic rings. The average Bonchev–Trinajstić information content (AvgIpc) is 3.06. The Labute approximate surface area is 164 Å². The number of ether oxygens (including phenoxy) is 2. The van der Waals surface area contributed by atoms with E-state index >= 15 is 0 Å². The second-order valence-corrected chi connectivity index (χ2v) is 7.99. The zero-order valence-corrected chi connectivity index (χ0v) is 17.0. The van der Waals surface area contributed by atoms with Crippen molar-refractivity contribution in [3.8, 4) is 0 Å². The van der Waals surface area contributed by atoms with E-state index in [4.69, 9.17) is 9.47 Å². The second kappa shape index (κ2) is 8.24. The highest BCUT2D eigenvalue weighted by Gasteiger charge is 2.30. The maximum atomic E-state index is 13.0. The Kier molecular flexibility index (Phi) is 6.23. The fraction of sp³-hybridized carbons (Fsp3) is 0.400. The zero-order valence-electron chi connectivity index (χ0n) is 17.0. The summed E-state index contributed by atoms with van der Waals surface area (Å²) in [6, 6.07) is 10.4. The van der Waals surface area contributed by atoms with Crippen molar-refractivity contribution in [1.82, 2.24) is 9.78 Å². The van der Waals surface area contributed by atoms with E-state index in [9.17, 15) is 9.59 Å². The van der Waals surface area contributed by atoms with E-state index in [-0.39, 0.29) is 5.96 Å². The van der Waals surface area contributed by atoms with Crippen LogP contribution in [0.25, 0.3) is 0 Å². The molecule has 1 aromatic carbocycles. The molecular weight excluding hydrogens is 360 g/mol. The Hall–Kier alpha value is -3.16.